The third kappa shape index (κ3) is 5.96. The van der Waals surface area contributed by atoms with Crippen LogP contribution < -0.4 is 10.5 Å². The van der Waals surface area contributed by atoms with Crippen molar-refractivity contribution in [2.75, 3.05) is 33.4 Å². The number of carbonyl (C=O) groups excluding carboxylic acids is 1. The van der Waals surface area contributed by atoms with Gasteiger partial charge in [-0.05, 0) is 43.9 Å². The number of nitrogens with two attached hydrogens (primary N) is 1. The number of hydrogen-bond donors (Lipinski definition) is 1. The maximum Gasteiger partial charge on any atom is 0.253 e. The molecule has 24 heavy (non-hydrogen) atoms. The quantitative estimate of drug-likeness (QED) is 0.763. The van der Waals surface area contributed by atoms with Gasteiger partial charge in [0.05, 0.1) is 6.61 Å². The number of methoxy groups -OCH3 is 1. The molecule has 0 bridgehead atoms. The van der Waals surface area contributed by atoms with Gasteiger partial charge in [-0.3, -0.25) is 4.79 Å². The van der Waals surface area contributed by atoms with Crippen molar-refractivity contribution in [3.8, 4) is 5.75 Å². The molecule has 1 aliphatic heterocycles. The molecule has 1 amide bonds. The second-order valence-corrected chi connectivity index (χ2v) is 6.24. The van der Waals surface area contributed by atoms with E-state index in [4.69, 9.17) is 15.2 Å². The van der Waals surface area contributed by atoms with Gasteiger partial charge in [0, 0.05) is 44.8 Å². The first kappa shape index (κ1) is 20.7. The van der Waals surface area contributed by atoms with Crippen LogP contribution in [0.25, 0.3) is 0 Å². The predicted molar refractivity (Wildman–Crippen MR) is 98.0 cm³/mol. The van der Waals surface area contributed by atoms with Crippen molar-refractivity contribution in [3.05, 3.63) is 29.8 Å². The molecule has 2 N–H and O–H groups in total. The summed E-state index contributed by atoms with van der Waals surface area (Å²) in [6.45, 7) is 4.83. The number of rotatable bonds is 7. The number of hydrogen-bond acceptors (Lipinski definition) is 4. The average molecular weight is 357 g/mol. The maximum atomic E-state index is 12.7. The van der Waals surface area contributed by atoms with Crippen LogP contribution in [0.15, 0.2) is 24.3 Å². The van der Waals surface area contributed by atoms with E-state index in [1.165, 1.54) is 0 Å². The van der Waals surface area contributed by atoms with Crippen LogP contribution in [0.1, 0.15) is 36.5 Å². The molecule has 0 aliphatic carbocycles. The topological polar surface area (TPSA) is 64.8 Å². The Morgan fingerprint density at radius 3 is 2.92 bits per heavy atom. The highest BCUT2D eigenvalue weighted by Crippen LogP contribution is 2.22. The SMILES string of the molecule is COCCCOc1cccc(C(=O)N2CCCC(C(C)N)C2)c1.Cl. The van der Waals surface area contributed by atoms with E-state index in [0.717, 1.165) is 38.1 Å². The van der Waals surface area contributed by atoms with Gasteiger partial charge in [0.2, 0.25) is 0 Å². The van der Waals surface area contributed by atoms with Gasteiger partial charge in [0.1, 0.15) is 5.75 Å². The summed E-state index contributed by atoms with van der Waals surface area (Å²) in [7, 11) is 1.67. The monoisotopic (exact) mass is 356 g/mol. The lowest BCUT2D eigenvalue weighted by atomic mass is 9.92. The maximum absolute atomic E-state index is 12.7. The fourth-order valence-electron chi connectivity index (χ4n) is 2.92. The van der Waals surface area contributed by atoms with Crippen molar-refractivity contribution in [2.45, 2.75) is 32.2 Å². The van der Waals surface area contributed by atoms with Crippen molar-refractivity contribution < 1.29 is 14.3 Å². The summed E-state index contributed by atoms with van der Waals surface area (Å²) in [4.78, 5) is 14.6. The molecule has 1 aromatic rings. The van der Waals surface area contributed by atoms with Gasteiger partial charge in [-0.15, -0.1) is 12.4 Å². The lowest BCUT2D eigenvalue weighted by molar-refractivity contribution is 0.0660. The molecule has 1 fully saturated rings. The van der Waals surface area contributed by atoms with Crippen molar-refractivity contribution >= 4 is 18.3 Å². The van der Waals surface area contributed by atoms with Gasteiger partial charge in [0.15, 0.2) is 0 Å². The van der Waals surface area contributed by atoms with Crippen LogP contribution in [-0.2, 0) is 4.74 Å². The summed E-state index contributed by atoms with van der Waals surface area (Å²) < 4.78 is 10.7. The first-order chi connectivity index (χ1) is 11.1. The summed E-state index contributed by atoms with van der Waals surface area (Å²) in [5.74, 6) is 1.19. The summed E-state index contributed by atoms with van der Waals surface area (Å²) in [6.07, 6.45) is 2.95. The molecule has 2 unspecified atom stereocenters. The molecule has 1 aromatic carbocycles. The molecular formula is C18H29ClN2O3. The molecule has 2 rings (SSSR count). The van der Waals surface area contributed by atoms with Crippen LogP contribution in [0, 0.1) is 5.92 Å². The predicted octanol–water partition coefficient (Wildman–Crippen LogP) is 2.72. The van der Waals surface area contributed by atoms with Gasteiger partial charge in [0.25, 0.3) is 5.91 Å². The second kappa shape index (κ2) is 10.5. The van der Waals surface area contributed by atoms with Crippen LogP contribution in [0.4, 0.5) is 0 Å². The van der Waals surface area contributed by atoms with E-state index in [1.807, 2.05) is 36.1 Å². The molecular weight excluding hydrogens is 328 g/mol. The third-order valence-electron chi connectivity index (χ3n) is 4.33. The number of amides is 1. The lowest BCUT2D eigenvalue weighted by Crippen LogP contribution is -2.45. The minimum atomic E-state index is 0. The minimum absolute atomic E-state index is 0. The van der Waals surface area contributed by atoms with Crippen LogP contribution in [0.5, 0.6) is 5.75 Å². The molecule has 2 atom stereocenters. The number of benzene rings is 1. The van der Waals surface area contributed by atoms with Crippen LogP contribution in [-0.4, -0.2) is 50.3 Å². The van der Waals surface area contributed by atoms with Gasteiger partial charge in [-0.1, -0.05) is 6.07 Å². The molecule has 5 nitrogen and oxygen atoms in total. The van der Waals surface area contributed by atoms with E-state index < -0.39 is 0 Å². The Morgan fingerprint density at radius 2 is 2.21 bits per heavy atom. The van der Waals surface area contributed by atoms with Crippen LogP contribution >= 0.6 is 12.4 Å². The highest BCUT2D eigenvalue weighted by Gasteiger charge is 2.26. The number of carbonyl (C=O) groups is 1. The van der Waals surface area contributed by atoms with E-state index >= 15 is 0 Å². The normalized spacial score (nSPS) is 18.6. The van der Waals surface area contributed by atoms with Crippen molar-refractivity contribution in [3.63, 3.8) is 0 Å². The van der Waals surface area contributed by atoms with Crippen molar-refractivity contribution in [1.82, 2.24) is 4.90 Å². The number of likely N-dealkylation sites (tertiary alicyclic amines) is 1. The smallest absolute Gasteiger partial charge is 0.253 e. The number of nitrogens with zero attached hydrogens (tertiary/aromatic N) is 1. The van der Waals surface area contributed by atoms with E-state index in [1.54, 1.807) is 7.11 Å². The van der Waals surface area contributed by atoms with Gasteiger partial charge in [-0.25, -0.2) is 0 Å². The number of halogens is 1. The zero-order valence-corrected chi connectivity index (χ0v) is 15.4. The molecule has 1 aliphatic rings. The van der Waals surface area contributed by atoms with Gasteiger partial charge < -0.3 is 20.1 Å². The first-order valence-corrected chi connectivity index (χ1v) is 8.38. The third-order valence-corrected chi connectivity index (χ3v) is 4.33. The first-order valence-electron chi connectivity index (χ1n) is 8.38. The van der Waals surface area contributed by atoms with E-state index in [9.17, 15) is 4.79 Å². The second-order valence-electron chi connectivity index (χ2n) is 6.24. The zero-order chi connectivity index (χ0) is 16.7. The molecule has 0 radical (unpaired) electrons. The Balaban J connectivity index is 0.00000288. The molecule has 0 spiro atoms. The van der Waals surface area contributed by atoms with E-state index in [0.29, 0.717) is 24.7 Å². The largest absolute Gasteiger partial charge is 0.493 e. The number of ether oxygens (including phenoxy) is 2. The molecule has 136 valence electrons. The van der Waals surface area contributed by atoms with Gasteiger partial charge >= 0.3 is 0 Å². The molecule has 0 aromatic heterocycles. The van der Waals surface area contributed by atoms with Crippen molar-refractivity contribution in [2.24, 2.45) is 11.7 Å². The summed E-state index contributed by atoms with van der Waals surface area (Å²) in [6, 6.07) is 7.54. The fraction of sp³-hybridized carbons (Fsp3) is 0.611. The lowest BCUT2D eigenvalue weighted by Gasteiger charge is -2.34. The minimum Gasteiger partial charge on any atom is -0.493 e. The van der Waals surface area contributed by atoms with Crippen LogP contribution in [0.2, 0.25) is 0 Å². The van der Waals surface area contributed by atoms with E-state index in [2.05, 4.69) is 0 Å². The Morgan fingerprint density at radius 1 is 1.42 bits per heavy atom. The van der Waals surface area contributed by atoms with E-state index in [-0.39, 0.29) is 24.4 Å². The Hall–Kier alpha value is -1.30. The summed E-state index contributed by atoms with van der Waals surface area (Å²) in [5, 5.41) is 0. The highest BCUT2D eigenvalue weighted by atomic mass is 35.5. The molecule has 0 saturated carbocycles. The average Bonchev–Trinajstić information content (AvgIpc) is 2.58. The highest BCUT2D eigenvalue weighted by molar-refractivity contribution is 5.94. The Labute approximate surface area is 150 Å². The molecule has 1 heterocycles. The zero-order valence-electron chi connectivity index (χ0n) is 14.6. The summed E-state index contributed by atoms with van der Waals surface area (Å²) in [5.41, 5.74) is 6.68. The number of piperidine rings is 1. The molecule has 1 saturated heterocycles. The Kier molecular flexibility index (Phi) is 9.11. The fourth-order valence-corrected chi connectivity index (χ4v) is 2.92. The summed E-state index contributed by atoms with van der Waals surface area (Å²) >= 11 is 0. The standard InChI is InChI=1S/C18H28N2O3.ClH/c1-14(19)16-7-4-9-20(13-16)18(21)15-6-3-8-17(12-15)23-11-5-10-22-2;/h3,6,8,12,14,16H,4-5,7,9-11,13,19H2,1-2H3;1H. The van der Waals surface area contributed by atoms with Crippen LogP contribution in [0.3, 0.4) is 0 Å². The Bertz CT molecular complexity index is 511. The van der Waals surface area contributed by atoms with Gasteiger partial charge in [-0.2, -0.15) is 0 Å². The molecule has 6 heteroatoms. The van der Waals surface area contributed by atoms with Crippen molar-refractivity contribution in [1.29, 1.82) is 0 Å².